The number of rotatable bonds is 5. The third kappa shape index (κ3) is 3.47. The fourth-order valence-corrected chi connectivity index (χ4v) is 2.19. The molecule has 0 N–H and O–H groups in total. The van der Waals surface area contributed by atoms with E-state index in [1.807, 2.05) is 24.3 Å². The van der Waals surface area contributed by atoms with Crippen molar-refractivity contribution in [2.45, 2.75) is 26.2 Å². The fourth-order valence-electron chi connectivity index (χ4n) is 2.19. The Morgan fingerprint density at radius 3 is 2.20 bits per heavy atom. The number of ether oxygens (including phenoxy) is 1. The van der Waals surface area contributed by atoms with Crippen LogP contribution in [0.3, 0.4) is 0 Å². The van der Waals surface area contributed by atoms with Crippen molar-refractivity contribution >= 4 is 5.78 Å². The molecule has 0 amide bonds. The molecule has 1 atom stereocenters. The molecule has 2 aromatic rings. The average molecular weight is 268 g/mol. The van der Waals surface area contributed by atoms with Crippen LogP contribution in [0.1, 0.15) is 40.7 Å². The Kier molecular flexibility index (Phi) is 4.57. The third-order valence-electron chi connectivity index (χ3n) is 3.55. The Morgan fingerprint density at radius 2 is 1.65 bits per heavy atom. The van der Waals surface area contributed by atoms with Crippen LogP contribution in [-0.4, -0.2) is 12.9 Å². The smallest absolute Gasteiger partial charge is 0.163 e. The third-order valence-corrected chi connectivity index (χ3v) is 3.55. The van der Waals surface area contributed by atoms with Crippen LogP contribution in [-0.2, 0) is 0 Å². The molecule has 2 heteroatoms. The van der Waals surface area contributed by atoms with Gasteiger partial charge in [-0.25, -0.2) is 0 Å². The largest absolute Gasteiger partial charge is 0.497 e. The Balaban J connectivity index is 2.04. The van der Waals surface area contributed by atoms with Gasteiger partial charge in [0.05, 0.1) is 7.11 Å². The van der Waals surface area contributed by atoms with E-state index in [1.165, 1.54) is 11.1 Å². The molecule has 0 fully saturated rings. The van der Waals surface area contributed by atoms with Gasteiger partial charge in [0.15, 0.2) is 5.78 Å². The summed E-state index contributed by atoms with van der Waals surface area (Å²) in [4.78, 5) is 12.3. The lowest BCUT2D eigenvalue weighted by Crippen LogP contribution is -2.05. The quantitative estimate of drug-likeness (QED) is 0.752. The summed E-state index contributed by atoms with van der Waals surface area (Å²) in [6.45, 7) is 4.16. The van der Waals surface area contributed by atoms with Gasteiger partial charge in [0.25, 0.3) is 0 Å². The van der Waals surface area contributed by atoms with E-state index in [2.05, 4.69) is 38.1 Å². The minimum atomic E-state index is 0.167. The number of ketones is 1. The monoisotopic (exact) mass is 268 g/mol. The van der Waals surface area contributed by atoms with Gasteiger partial charge in [-0.05, 0) is 42.7 Å². The van der Waals surface area contributed by atoms with Crippen LogP contribution in [0.15, 0.2) is 48.5 Å². The van der Waals surface area contributed by atoms with Gasteiger partial charge < -0.3 is 4.74 Å². The van der Waals surface area contributed by atoms with Crippen LogP contribution >= 0.6 is 0 Å². The van der Waals surface area contributed by atoms with Crippen LogP contribution in [0.4, 0.5) is 0 Å². The van der Waals surface area contributed by atoms with Gasteiger partial charge in [0.2, 0.25) is 0 Å². The molecule has 20 heavy (non-hydrogen) atoms. The Morgan fingerprint density at radius 1 is 1.05 bits per heavy atom. The molecule has 104 valence electrons. The second kappa shape index (κ2) is 6.38. The zero-order valence-corrected chi connectivity index (χ0v) is 12.2. The Labute approximate surface area is 120 Å². The van der Waals surface area contributed by atoms with Crippen molar-refractivity contribution in [2.24, 2.45) is 0 Å². The Bertz CT molecular complexity index is 567. The van der Waals surface area contributed by atoms with Gasteiger partial charge in [-0.15, -0.1) is 0 Å². The van der Waals surface area contributed by atoms with Gasteiger partial charge in [-0.1, -0.05) is 36.8 Å². The van der Waals surface area contributed by atoms with Crippen LogP contribution in [0.2, 0.25) is 0 Å². The molecule has 2 rings (SSSR count). The SMILES string of the molecule is COc1ccc(C(=O)CC(C)c2ccc(C)cc2)cc1. The van der Waals surface area contributed by atoms with E-state index in [-0.39, 0.29) is 11.7 Å². The summed E-state index contributed by atoms with van der Waals surface area (Å²) in [5.74, 6) is 1.17. The van der Waals surface area contributed by atoms with Crippen LogP contribution in [0, 0.1) is 6.92 Å². The highest BCUT2D eigenvalue weighted by atomic mass is 16.5. The first-order valence-corrected chi connectivity index (χ1v) is 6.84. The topological polar surface area (TPSA) is 26.3 Å². The molecule has 0 bridgehead atoms. The first kappa shape index (κ1) is 14.3. The van der Waals surface area contributed by atoms with Crippen molar-refractivity contribution in [3.8, 4) is 5.75 Å². The molecular weight excluding hydrogens is 248 g/mol. The summed E-state index contributed by atoms with van der Waals surface area (Å²) >= 11 is 0. The number of methoxy groups -OCH3 is 1. The molecule has 2 aromatic carbocycles. The van der Waals surface area contributed by atoms with Crippen molar-refractivity contribution in [2.75, 3.05) is 7.11 Å². The second-order valence-electron chi connectivity index (χ2n) is 5.17. The maximum absolute atomic E-state index is 12.3. The zero-order chi connectivity index (χ0) is 14.5. The molecule has 0 spiro atoms. The number of carbonyl (C=O) groups is 1. The number of hydrogen-bond acceptors (Lipinski definition) is 2. The van der Waals surface area contributed by atoms with Crippen molar-refractivity contribution < 1.29 is 9.53 Å². The molecular formula is C18H20O2. The van der Waals surface area contributed by atoms with Crippen molar-refractivity contribution in [3.63, 3.8) is 0 Å². The summed E-state index contributed by atoms with van der Waals surface area (Å²) < 4.78 is 5.10. The second-order valence-corrected chi connectivity index (χ2v) is 5.17. The molecule has 0 heterocycles. The number of aryl methyl sites for hydroxylation is 1. The minimum absolute atomic E-state index is 0.167. The summed E-state index contributed by atoms with van der Waals surface area (Å²) in [6, 6.07) is 15.7. The summed E-state index contributed by atoms with van der Waals surface area (Å²) in [7, 11) is 1.62. The van der Waals surface area contributed by atoms with Crippen molar-refractivity contribution in [1.29, 1.82) is 0 Å². The fraction of sp³-hybridized carbons (Fsp3) is 0.278. The molecule has 2 nitrogen and oxygen atoms in total. The molecule has 0 aromatic heterocycles. The summed E-state index contributed by atoms with van der Waals surface area (Å²) in [5, 5.41) is 0. The Hall–Kier alpha value is -2.09. The van der Waals surface area contributed by atoms with Crippen molar-refractivity contribution in [3.05, 3.63) is 65.2 Å². The lowest BCUT2D eigenvalue weighted by molar-refractivity contribution is 0.0975. The van der Waals surface area contributed by atoms with Gasteiger partial charge in [0, 0.05) is 12.0 Å². The number of benzene rings is 2. The van der Waals surface area contributed by atoms with Crippen LogP contribution < -0.4 is 4.74 Å². The zero-order valence-electron chi connectivity index (χ0n) is 12.2. The van der Waals surface area contributed by atoms with E-state index in [1.54, 1.807) is 7.11 Å². The normalized spacial score (nSPS) is 11.9. The molecule has 0 aliphatic carbocycles. The highest BCUT2D eigenvalue weighted by Crippen LogP contribution is 2.22. The number of carbonyl (C=O) groups excluding carboxylic acids is 1. The first-order chi connectivity index (χ1) is 9.60. The maximum atomic E-state index is 12.3. The van der Waals surface area contributed by atoms with E-state index >= 15 is 0 Å². The van der Waals surface area contributed by atoms with Gasteiger partial charge >= 0.3 is 0 Å². The molecule has 0 aliphatic rings. The lowest BCUT2D eigenvalue weighted by atomic mass is 9.93. The van der Waals surface area contributed by atoms with E-state index in [9.17, 15) is 4.79 Å². The van der Waals surface area contributed by atoms with Crippen LogP contribution in [0.5, 0.6) is 5.75 Å². The first-order valence-electron chi connectivity index (χ1n) is 6.84. The van der Waals surface area contributed by atoms with Gasteiger partial charge in [-0.2, -0.15) is 0 Å². The van der Waals surface area contributed by atoms with Gasteiger partial charge in [-0.3, -0.25) is 4.79 Å². The highest BCUT2D eigenvalue weighted by Gasteiger charge is 2.13. The van der Waals surface area contributed by atoms with E-state index in [0.717, 1.165) is 11.3 Å². The highest BCUT2D eigenvalue weighted by molar-refractivity contribution is 5.96. The molecule has 1 unspecified atom stereocenters. The molecule has 0 saturated heterocycles. The van der Waals surface area contributed by atoms with Crippen LogP contribution in [0.25, 0.3) is 0 Å². The maximum Gasteiger partial charge on any atom is 0.163 e. The van der Waals surface area contributed by atoms with Gasteiger partial charge in [0.1, 0.15) is 5.75 Å². The predicted octanol–water partition coefficient (Wildman–Crippen LogP) is 4.38. The predicted molar refractivity (Wildman–Crippen MR) is 81.5 cm³/mol. The molecule has 0 radical (unpaired) electrons. The van der Waals surface area contributed by atoms with E-state index in [0.29, 0.717) is 6.42 Å². The average Bonchev–Trinajstić information content (AvgIpc) is 2.48. The summed E-state index contributed by atoms with van der Waals surface area (Å²) in [5.41, 5.74) is 3.18. The number of Topliss-reactive ketones (excluding diaryl/α,β-unsaturated/α-hetero) is 1. The standard InChI is InChI=1S/C18H20O2/c1-13-4-6-15(7-5-13)14(2)12-18(19)16-8-10-17(20-3)11-9-16/h4-11,14H,12H2,1-3H3. The summed E-state index contributed by atoms with van der Waals surface area (Å²) in [6.07, 6.45) is 0.523. The van der Waals surface area contributed by atoms with Crippen molar-refractivity contribution in [1.82, 2.24) is 0 Å². The molecule has 0 saturated carbocycles. The minimum Gasteiger partial charge on any atom is -0.497 e. The number of hydrogen-bond donors (Lipinski definition) is 0. The van der Waals surface area contributed by atoms with E-state index in [4.69, 9.17) is 4.74 Å². The molecule has 0 aliphatic heterocycles. The lowest BCUT2D eigenvalue weighted by Gasteiger charge is -2.11. The van der Waals surface area contributed by atoms with E-state index < -0.39 is 0 Å².